The summed E-state index contributed by atoms with van der Waals surface area (Å²) in [6.45, 7) is 0.248. The van der Waals surface area contributed by atoms with Crippen molar-refractivity contribution in [1.82, 2.24) is 4.90 Å². The molecule has 0 aliphatic heterocycles. The fourth-order valence-electron chi connectivity index (χ4n) is 3.16. The maximum atomic E-state index is 12.9. The van der Waals surface area contributed by atoms with E-state index in [1.165, 1.54) is 7.11 Å². The summed E-state index contributed by atoms with van der Waals surface area (Å²) in [7, 11) is 4.75. The molecule has 0 spiro atoms. The Morgan fingerprint density at radius 1 is 0.968 bits per heavy atom. The lowest BCUT2D eigenvalue weighted by Gasteiger charge is -2.21. The minimum Gasteiger partial charge on any atom is -0.497 e. The van der Waals surface area contributed by atoms with Crippen molar-refractivity contribution < 1.29 is 19.1 Å². The van der Waals surface area contributed by atoms with Crippen LogP contribution in [-0.4, -0.2) is 38.0 Å². The van der Waals surface area contributed by atoms with Gasteiger partial charge >= 0.3 is 0 Å². The van der Waals surface area contributed by atoms with Crippen LogP contribution in [0.1, 0.15) is 26.3 Å². The van der Waals surface area contributed by atoms with Gasteiger partial charge in [0.25, 0.3) is 11.8 Å². The van der Waals surface area contributed by atoms with Crippen molar-refractivity contribution in [3.05, 3.63) is 88.4 Å². The first-order chi connectivity index (χ1) is 14.9. The lowest BCUT2D eigenvalue weighted by Crippen LogP contribution is -2.27. The number of ether oxygens (including phenoxy) is 2. The van der Waals surface area contributed by atoms with Gasteiger partial charge in [0.05, 0.1) is 30.5 Å². The molecule has 0 atom stereocenters. The summed E-state index contributed by atoms with van der Waals surface area (Å²) in [4.78, 5) is 27.3. The van der Waals surface area contributed by atoms with Gasteiger partial charge < -0.3 is 19.7 Å². The largest absolute Gasteiger partial charge is 0.497 e. The zero-order valence-electron chi connectivity index (χ0n) is 17.5. The highest BCUT2D eigenvalue weighted by Gasteiger charge is 2.19. The van der Waals surface area contributed by atoms with E-state index in [2.05, 4.69) is 5.32 Å². The Labute approximate surface area is 186 Å². The molecule has 0 saturated heterocycles. The van der Waals surface area contributed by atoms with Gasteiger partial charge in [-0.15, -0.1) is 0 Å². The van der Waals surface area contributed by atoms with Gasteiger partial charge in [-0.2, -0.15) is 0 Å². The van der Waals surface area contributed by atoms with Crippen molar-refractivity contribution in [3.63, 3.8) is 0 Å². The van der Waals surface area contributed by atoms with E-state index in [-0.39, 0.29) is 18.4 Å². The standard InChI is InChI=1S/C24H23ClN2O4/c1-27(24(29)16-8-6-10-18(14-16)30-2)15-17-9-7-12-20(25)22(17)26-23(28)19-11-4-5-13-21(19)31-3/h4-14H,15H2,1-3H3,(H,26,28). The van der Waals surface area contributed by atoms with E-state index in [0.29, 0.717) is 38.9 Å². The lowest BCUT2D eigenvalue weighted by atomic mass is 10.1. The van der Waals surface area contributed by atoms with Crippen molar-refractivity contribution >= 4 is 29.1 Å². The van der Waals surface area contributed by atoms with E-state index in [1.54, 1.807) is 79.7 Å². The molecule has 160 valence electrons. The van der Waals surface area contributed by atoms with Gasteiger partial charge in [-0.3, -0.25) is 9.59 Å². The second kappa shape index (κ2) is 10.00. The molecule has 0 heterocycles. The molecule has 7 heteroatoms. The first kappa shape index (κ1) is 22.2. The number of anilines is 1. The van der Waals surface area contributed by atoms with Gasteiger partial charge in [-0.25, -0.2) is 0 Å². The SMILES string of the molecule is COc1cccc(C(=O)N(C)Cc2cccc(Cl)c2NC(=O)c2ccccc2OC)c1. The highest BCUT2D eigenvalue weighted by Crippen LogP contribution is 2.29. The number of hydrogen-bond acceptors (Lipinski definition) is 4. The zero-order chi connectivity index (χ0) is 22.4. The summed E-state index contributed by atoms with van der Waals surface area (Å²) in [6, 6.07) is 19.2. The quantitative estimate of drug-likeness (QED) is 0.570. The molecule has 3 rings (SSSR count). The van der Waals surface area contributed by atoms with Gasteiger partial charge in [0.2, 0.25) is 0 Å². The first-order valence-electron chi connectivity index (χ1n) is 9.56. The van der Waals surface area contributed by atoms with Crippen LogP contribution in [0.25, 0.3) is 0 Å². The molecule has 3 aromatic rings. The molecule has 0 bridgehead atoms. The Morgan fingerprint density at radius 2 is 1.71 bits per heavy atom. The minimum absolute atomic E-state index is 0.180. The Hall–Kier alpha value is -3.51. The van der Waals surface area contributed by atoms with Gasteiger partial charge in [0, 0.05) is 19.2 Å². The molecule has 0 aliphatic carbocycles. The third kappa shape index (κ3) is 5.16. The monoisotopic (exact) mass is 438 g/mol. The average Bonchev–Trinajstić information content (AvgIpc) is 2.80. The van der Waals surface area contributed by atoms with Gasteiger partial charge in [-0.05, 0) is 42.0 Å². The predicted molar refractivity (Wildman–Crippen MR) is 121 cm³/mol. The van der Waals surface area contributed by atoms with Gasteiger partial charge in [0.1, 0.15) is 11.5 Å². The van der Waals surface area contributed by atoms with E-state index in [1.807, 2.05) is 6.07 Å². The summed E-state index contributed by atoms with van der Waals surface area (Å²) in [5, 5.41) is 3.24. The number of benzene rings is 3. The first-order valence-corrected chi connectivity index (χ1v) is 9.93. The fourth-order valence-corrected chi connectivity index (χ4v) is 3.40. The maximum Gasteiger partial charge on any atom is 0.259 e. The zero-order valence-corrected chi connectivity index (χ0v) is 18.3. The van der Waals surface area contributed by atoms with E-state index in [0.717, 1.165) is 0 Å². The van der Waals surface area contributed by atoms with Crippen molar-refractivity contribution in [2.24, 2.45) is 0 Å². The van der Waals surface area contributed by atoms with E-state index < -0.39 is 0 Å². The fraction of sp³-hybridized carbons (Fsp3) is 0.167. The summed E-state index contributed by atoms with van der Waals surface area (Å²) in [5.41, 5.74) is 2.04. The van der Waals surface area contributed by atoms with Crippen molar-refractivity contribution in [2.45, 2.75) is 6.54 Å². The molecule has 3 aromatic carbocycles. The number of amides is 2. The molecular formula is C24H23ClN2O4. The van der Waals surface area contributed by atoms with Gasteiger partial charge in [-0.1, -0.05) is 41.9 Å². The maximum absolute atomic E-state index is 12.9. The normalized spacial score (nSPS) is 10.3. The van der Waals surface area contributed by atoms with Crippen LogP contribution < -0.4 is 14.8 Å². The predicted octanol–water partition coefficient (Wildman–Crippen LogP) is 4.88. The molecule has 0 unspecified atom stereocenters. The molecule has 0 saturated carbocycles. The number of carbonyl (C=O) groups excluding carboxylic acids is 2. The topological polar surface area (TPSA) is 67.9 Å². The van der Waals surface area contributed by atoms with Crippen LogP contribution in [0.5, 0.6) is 11.5 Å². The molecule has 6 nitrogen and oxygen atoms in total. The van der Waals surface area contributed by atoms with Crippen molar-refractivity contribution in [1.29, 1.82) is 0 Å². The van der Waals surface area contributed by atoms with Crippen LogP contribution in [0.2, 0.25) is 5.02 Å². The van der Waals surface area contributed by atoms with E-state index in [9.17, 15) is 9.59 Å². The molecule has 2 amide bonds. The smallest absolute Gasteiger partial charge is 0.259 e. The summed E-state index contributed by atoms with van der Waals surface area (Å²) < 4.78 is 10.5. The second-order valence-electron chi connectivity index (χ2n) is 6.82. The minimum atomic E-state index is -0.353. The number of hydrogen-bond donors (Lipinski definition) is 1. The summed E-state index contributed by atoms with van der Waals surface area (Å²) in [6.07, 6.45) is 0. The van der Waals surface area contributed by atoms with Crippen LogP contribution in [0.3, 0.4) is 0 Å². The second-order valence-corrected chi connectivity index (χ2v) is 7.23. The highest BCUT2D eigenvalue weighted by atomic mass is 35.5. The molecule has 31 heavy (non-hydrogen) atoms. The Morgan fingerprint density at radius 3 is 2.45 bits per heavy atom. The third-order valence-corrected chi connectivity index (χ3v) is 5.08. The van der Waals surface area contributed by atoms with Crippen molar-refractivity contribution in [3.8, 4) is 11.5 Å². The highest BCUT2D eigenvalue weighted by molar-refractivity contribution is 6.34. The number of methoxy groups -OCH3 is 2. The van der Waals surface area contributed by atoms with Crippen LogP contribution in [-0.2, 0) is 6.54 Å². The average molecular weight is 439 g/mol. The third-order valence-electron chi connectivity index (χ3n) is 4.76. The number of carbonyl (C=O) groups is 2. The van der Waals surface area contributed by atoms with E-state index in [4.69, 9.17) is 21.1 Å². The van der Waals surface area contributed by atoms with Crippen LogP contribution in [0, 0.1) is 0 Å². The molecule has 0 radical (unpaired) electrons. The summed E-state index contributed by atoms with van der Waals surface area (Å²) in [5.74, 6) is 0.528. The Balaban J connectivity index is 1.83. The number of rotatable bonds is 7. The molecule has 0 aromatic heterocycles. The number of halogens is 1. The van der Waals surface area contributed by atoms with E-state index >= 15 is 0 Å². The Bertz CT molecular complexity index is 1100. The number of nitrogens with one attached hydrogen (secondary N) is 1. The van der Waals surface area contributed by atoms with Crippen LogP contribution in [0.4, 0.5) is 5.69 Å². The van der Waals surface area contributed by atoms with Crippen molar-refractivity contribution in [2.75, 3.05) is 26.6 Å². The van der Waals surface area contributed by atoms with Gasteiger partial charge in [0.15, 0.2) is 0 Å². The molecule has 0 aliphatic rings. The molecular weight excluding hydrogens is 416 g/mol. The molecule has 0 fully saturated rings. The van der Waals surface area contributed by atoms with Crippen LogP contribution >= 0.6 is 11.6 Å². The summed E-state index contributed by atoms with van der Waals surface area (Å²) >= 11 is 6.39. The number of para-hydroxylation sites is 2. The lowest BCUT2D eigenvalue weighted by molar-refractivity contribution is 0.0785. The Kier molecular flexibility index (Phi) is 7.15. The number of nitrogens with zero attached hydrogens (tertiary/aromatic N) is 1. The molecule has 1 N–H and O–H groups in total. The van der Waals surface area contributed by atoms with Crippen LogP contribution in [0.15, 0.2) is 66.7 Å².